The lowest BCUT2D eigenvalue weighted by molar-refractivity contribution is 1.08. The number of aromatic nitrogens is 1. The predicted octanol–water partition coefficient (Wildman–Crippen LogP) is 3.64. The monoisotopic (exact) mass is 301 g/mol. The van der Waals surface area contributed by atoms with E-state index in [1.807, 2.05) is 37.4 Å². The number of pyridine rings is 1. The Kier molecular flexibility index (Phi) is 3.96. The molecule has 3 nitrogen and oxygen atoms in total. The van der Waals surface area contributed by atoms with E-state index in [2.05, 4.69) is 32.3 Å². The summed E-state index contributed by atoms with van der Waals surface area (Å²) in [6, 6.07) is 11.7. The Hall–Kier alpha value is -1.86. The van der Waals surface area contributed by atoms with Crippen molar-refractivity contribution in [2.75, 3.05) is 5.32 Å². The van der Waals surface area contributed by atoms with Crippen LogP contribution in [0.2, 0.25) is 0 Å². The number of aryl methyl sites for hydroxylation is 1. The molecule has 1 heterocycles. The molecule has 0 spiro atoms. The minimum Gasteiger partial charge on any atom is -0.380 e. The van der Waals surface area contributed by atoms with Crippen LogP contribution in [0, 0.1) is 18.3 Å². The van der Waals surface area contributed by atoms with Crippen LogP contribution in [0.25, 0.3) is 0 Å². The molecule has 0 aliphatic rings. The second kappa shape index (κ2) is 5.65. The van der Waals surface area contributed by atoms with Gasteiger partial charge in [-0.2, -0.15) is 5.26 Å². The summed E-state index contributed by atoms with van der Waals surface area (Å²) >= 11 is 3.40. The van der Waals surface area contributed by atoms with Gasteiger partial charge in [-0.25, -0.2) is 0 Å². The molecule has 90 valence electrons. The fraction of sp³-hybridized carbons (Fsp3) is 0.143. The van der Waals surface area contributed by atoms with E-state index in [1.165, 1.54) is 0 Å². The third-order valence-corrected chi connectivity index (χ3v) is 3.05. The number of hydrogen-bond acceptors (Lipinski definition) is 3. The highest BCUT2D eigenvalue weighted by Crippen LogP contribution is 2.21. The fourth-order valence-electron chi connectivity index (χ4n) is 1.56. The lowest BCUT2D eigenvalue weighted by atomic mass is 10.2. The molecular formula is C14H12BrN3. The number of anilines is 1. The van der Waals surface area contributed by atoms with Crippen molar-refractivity contribution >= 4 is 21.6 Å². The second-order valence-electron chi connectivity index (χ2n) is 3.96. The summed E-state index contributed by atoms with van der Waals surface area (Å²) in [7, 11) is 0. The van der Waals surface area contributed by atoms with Gasteiger partial charge in [0.15, 0.2) is 0 Å². The molecule has 0 amide bonds. The van der Waals surface area contributed by atoms with Crippen molar-refractivity contribution < 1.29 is 0 Å². The van der Waals surface area contributed by atoms with E-state index in [0.717, 1.165) is 21.4 Å². The van der Waals surface area contributed by atoms with Crippen molar-refractivity contribution in [2.45, 2.75) is 13.5 Å². The van der Waals surface area contributed by atoms with E-state index in [9.17, 15) is 0 Å². The normalized spacial score (nSPS) is 9.83. The number of benzene rings is 1. The topological polar surface area (TPSA) is 48.7 Å². The predicted molar refractivity (Wildman–Crippen MR) is 75.2 cm³/mol. The van der Waals surface area contributed by atoms with E-state index in [-0.39, 0.29) is 0 Å². The van der Waals surface area contributed by atoms with Crippen molar-refractivity contribution in [3.05, 3.63) is 57.8 Å². The van der Waals surface area contributed by atoms with Crippen molar-refractivity contribution in [1.29, 1.82) is 5.26 Å². The fourth-order valence-corrected chi connectivity index (χ4v) is 1.92. The number of nitrogens with zero attached hydrogens (tertiary/aromatic N) is 2. The molecule has 0 unspecified atom stereocenters. The van der Waals surface area contributed by atoms with Crippen molar-refractivity contribution in [2.24, 2.45) is 0 Å². The van der Waals surface area contributed by atoms with E-state index in [0.29, 0.717) is 12.1 Å². The van der Waals surface area contributed by atoms with Crippen LogP contribution in [0.15, 0.2) is 41.0 Å². The summed E-state index contributed by atoms with van der Waals surface area (Å²) in [5, 5.41) is 12.3. The third-order valence-electron chi connectivity index (χ3n) is 2.56. The first-order chi connectivity index (χ1) is 8.69. The highest BCUT2D eigenvalue weighted by Gasteiger charge is 2.02. The first-order valence-electron chi connectivity index (χ1n) is 5.54. The van der Waals surface area contributed by atoms with Gasteiger partial charge in [0.05, 0.1) is 11.3 Å². The van der Waals surface area contributed by atoms with Crippen LogP contribution in [-0.4, -0.2) is 4.98 Å². The van der Waals surface area contributed by atoms with Crippen LogP contribution < -0.4 is 5.32 Å². The van der Waals surface area contributed by atoms with Crippen LogP contribution in [0.3, 0.4) is 0 Å². The van der Waals surface area contributed by atoms with Gasteiger partial charge in [0, 0.05) is 22.9 Å². The van der Waals surface area contributed by atoms with Gasteiger partial charge in [0.25, 0.3) is 0 Å². The van der Waals surface area contributed by atoms with Crippen LogP contribution in [0.1, 0.15) is 16.8 Å². The van der Waals surface area contributed by atoms with Crippen LogP contribution in [0.4, 0.5) is 5.69 Å². The Morgan fingerprint density at radius 1 is 1.33 bits per heavy atom. The van der Waals surface area contributed by atoms with Gasteiger partial charge in [-0.3, -0.25) is 4.98 Å². The Labute approximate surface area is 115 Å². The van der Waals surface area contributed by atoms with Gasteiger partial charge in [-0.05, 0) is 36.8 Å². The van der Waals surface area contributed by atoms with Gasteiger partial charge < -0.3 is 5.32 Å². The largest absolute Gasteiger partial charge is 0.380 e. The summed E-state index contributed by atoms with van der Waals surface area (Å²) in [6.07, 6.45) is 1.84. The number of halogens is 1. The van der Waals surface area contributed by atoms with Crippen LogP contribution in [-0.2, 0) is 6.54 Å². The summed E-state index contributed by atoms with van der Waals surface area (Å²) in [5.41, 5.74) is 3.55. The maximum absolute atomic E-state index is 9.03. The molecule has 1 aromatic heterocycles. The molecular weight excluding hydrogens is 290 g/mol. The van der Waals surface area contributed by atoms with Gasteiger partial charge in [-0.15, -0.1) is 0 Å². The molecule has 0 aliphatic heterocycles. The maximum atomic E-state index is 9.03. The summed E-state index contributed by atoms with van der Waals surface area (Å²) in [4.78, 5) is 4.24. The molecule has 1 aromatic carbocycles. The molecule has 2 aromatic rings. The highest BCUT2D eigenvalue weighted by molar-refractivity contribution is 9.10. The number of nitriles is 1. The smallest absolute Gasteiger partial charge is 0.101 e. The molecule has 2 rings (SSSR count). The number of nitrogens with one attached hydrogen (secondary N) is 1. The minimum atomic E-state index is 0.637. The Balaban J connectivity index is 2.13. The Bertz CT molecular complexity index is 585. The molecule has 0 aliphatic carbocycles. The maximum Gasteiger partial charge on any atom is 0.101 e. The molecule has 0 saturated carbocycles. The van der Waals surface area contributed by atoms with Crippen molar-refractivity contribution in [1.82, 2.24) is 4.98 Å². The molecule has 1 N–H and O–H groups in total. The van der Waals surface area contributed by atoms with Crippen molar-refractivity contribution in [3.63, 3.8) is 0 Å². The third kappa shape index (κ3) is 3.08. The van der Waals surface area contributed by atoms with Crippen LogP contribution in [0.5, 0.6) is 0 Å². The lowest BCUT2D eigenvalue weighted by Crippen LogP contribution is -2.02. The van der Waals surface area contributed by atoms with Gasteiger partial charge in [-0.1, -0.05) is 22.0 Å². The van der Waals surface area contributed by atoms with E-state index >= 15 is 0 Å². The summed E-state index contributed by atoms with van der Waals surface area (Å²) in [5.74, 6) is 0. The first kappa shape index (κ1) is 12.6. The zero-order chi connectivity index (χ0) is 13.0. The molecule has 4 heteroatoms. The summed E-state index contributed by atoms with van der Waals surface area (Å²) in [6.45, 7) is 2.61. The average Bonchev–Trinajstić information content (AvgIpc) is 2.38. The van der Waals surface area contributed by atoms with E-state index in [1.54, 1.807) is 6.07 Å². The zero-order valence-corrected chi connectivity index (χ0v) is 11.5. The minimum absolute atomic E-state index is 0.637. The highest BCUT2D eigenvalue weighted by atomic mass is 79.9. The Morgan fingerprint density at radius 3 is 2.83 bits per heavy atom. The van der Waals surface area contributed by atoms with Gasteiger partial charge >= 0.3 is 0 Å². The SMILES string of the molecule is Cc1ccc(CNc2cc(Br)ccc2C#N)cn1. The molecule has 0 radical (unpaired) electrons. The molecule has 18 heavy (non-hydrogen) atoms. The molecule has 0 bridgehead atoms. The molecule has 0 saturated heterocycles. The zero-order valence-electron chi connectivity index (χ0n) is 9.94. The quantitative estimate of drug-likeness (QED) is 0.941. The second-order valence-corrected chi connectivity index (χ2v) is 4.88. The average molecular weight is 302 g/mol. The van der Waals surface area contributed by atoms with Gasteiger partial charge in [0.1, 0.15) is 6.07 Å². The van der Waals surface area contributed by atoms with Crippen LogP contribution >= 0.6 is 15.9 Å². The van der Waals surface area contributed by atoms with Crippen molar-refractivity contribution in [3.8, 4) is 6.07 Å². The Morgan fingerprint density at radius 2 is 2.17 bits per heavy atom. The molecule has 0 fully saturated rings. The first-order valence-corrected chi connectivity index (χ1v) is 6.33. The van der Waals surface area contributed by atoms with E-state index in [4.69, 9.17) is 5.26 Å². The number of rotatable bonds is 3. The number of hydrogen-bond donors (Lipinski definition) is 1. The lowest BCUT2D eigenvalue weighted by Gasteiger charge is -2.08. The standard InChI is InChI=1S/C14H12BrN3/c1-10-2-3-11(8-17-10)9-18-14-6-13(15)5-4-12(14)7-16/h2-6,8,18H,9H2,1H3. The molecule has 0 atom stereocenters. The summed E-state index contributed by atoms with van der Waals surface area (Å²) < 4.78 is 0.950. The van der Waals surface area contributed by atoms with E-state index < -0.39 is 0 Å². The van der Waals surface area contributed by atoms with Gasteiger partial charge in [0.2, 0.25) is 0 Å².